The molecule has 2 rings (SSSR count). The highest BCUT2D eigenvalue weighted by Crippen LogP contribution is 2.27. The van der Waals surface area contributed by atoms with Crippen LogP contribution in [0.4, 0.5) is 4.79 Å². The fourth-order valence-electron chi connectivity index (χ4n) is 2.25. The van der Waals surface area contributed by atoms with Gasteiger partial charge in [-0.3, -0.25) is 9.69 Å². The van der Waals surface area contributed by atoms with Gasteiger partial charge in [-0.25, -0.2) is 4.79 Å². The molecule has 0 saturated carbocycles. The highest BCUT2D eigenvalue weighted by molar-refractivity contribution is 9.09. The van der Waals surface area contributed by atoms with Gasteiger partial charge in [0.2, 0.25) is 0 Å². The predicted molar refractivity (Wildman–Crippen MR) is 59.9 cm³/mol. The molecule has 2 aliphatic rings. The largest absolute Gasteiger partial charge is 0.327 e. The number of fused-ring (bicyclic) bond motifs is 1. The first-order valence-electron chi connectivity index (χ1n) is 5.43. The van der Waals surface area contributed by atoms with Crippen molar-refractivity contribution < 1.29 is 9.59 Å². The van der Waals surface area contributed by atoms with Crippen LogP contribution >= 0.6 is 15.9 Å². The summed E-state index contributed by atoms with van der Waals surface area (Å²) in [7, 11) is 0. The second-order valence-corrected chi connectivity index (χ2v) is 4.81. The quantitative estimate of drug-likeness (QED) is 0.444. The number of hydrogen-bond acceptors (Lipinski definition) is 2. The van der Waals surface area contributed by atoms with Gasteiger partial charge in [0.15, 0.2) is 0 Å². The molecule has 0 bridgehead atoms. The number of carbonyl (C=O) groups excluding carboxylic acids is 2. The molecular weight excluding hydrogens is 260 g/mol. The number of urea groups is 1. The van der Waals surface area contributed by atoms with Crippen molar-refractivity contribution in [2.24, 2.45) is 0 Å². The second kappa shape index (κ2) is 4.51. The minimum Gasteiger partial charge on any atom is -0.312 e. The average molecular weight is 275 g/mol. The number of amides is 3. The van der Waals surface area contributed by atoms with E-state index in [9.17, 15) is 9.59 Å². The first-order chi connectivity index (χ1) is 7.25. The molecule has 2 heterocycles. The Hall–Kier alpha value is -0.580. The molecular formula is C10H15BrN2O2. The maximum Gasteiger partial charge on any atom is 0.327 e. The van der Waals surface area contributed by atoms with E-state index in [2.05, 4.69) is 15.9 Å². The van der Waals surface area contributed by atoms with E-state index < -0.39 is 0 Å². The Morgan fingerprint density at radius 1 is 1.33 bits per heavy atom. The first kappa shape index (κ1) is 10.9. The Labute approximate surface area is 97.7 Å². The van der Waals surface area contributed by atoms with Gasteiger partial charge in [-0.1, -0.05) is 15.9 Å². The van der Waals surface area contributed by atoms with E-state index in [4.69, 9.17) is 0 Å². The molecule has 0 radical (unpaired) electrons. The number of hydrogen-bond donors (Lipinski definition) is 0. The zero-order valence-corrected chi connectivity index (χ0v) is 10.2. The Balaban J connectivity index is 1.95. The van der Waals surface area contributed by atoms with Crippen molar-refractivity contribution in [3.63, 3.8) is 0 Å². The molecule has 0 spiro atoms. The number of unbranched alkanes of at least 4 members (excludes halogenated alkanes) is 1. The zero-order chi connectivity index (χ0) is 10.8. The van der Waals surface area contributed by atoms with Crippen LogP contribution in [0.15, 0.2) is 0 Å². The SMILES string of the molecule is O=C1[C@H]2CCCN2C(=O)N1CCCCBr. The van der Waals surface area contributed by atoms with Crippen molar-refractivity contribution in [2.45, 2.75) is 31.7 Å². The number of carbonyl (C=O) groups is 2. The van der Waals surface area contributed by atoms with Crippen LogP contribution in [0.5, 0.6) is 0 Å². The summed E-state index contributed by atoms with van der Waals surface area (Å²) in [6.45, 7) is 1.33. The minimum absolute atomic E-state index is 0.0204. The van der Waals surface area contributed by atoms with E-state index in [1.807, 2.05) is 0 Å². The van der Waals surface area contributed by atoms with Crippen LogP contribution in [0, 0.1) is 0 Å². The van der Waals surface area contributed by atoms with Crippen LogP contribution < -0.4 is 0 Å². The number of nitrogens with zero attached hydrogens (tertiary/aromatic N) is 2. The van der Waals surface area contributed by atoms with Gasteiger partial charge in [0.25, 0.3) is 5.91 Å². The zero-order valence-electron chi connectivity index (χ0n) is 8.62. The van der Waals surface area contributed by atoms with Crippen molar-refractivity contribution >= 4 is 27.9 Å². The third-order valence-electron chi connectivity index (χ3n) is 3.05. The normalized spacial score (nSPS) is 25.3. The van der Waals surface area contributed by atoms with E-state index in [1.165, 1.54) is 4.90 Å². The Morgan fingerprint density at radius 3 is 2.80 bits per heavy atom. The molecule has 84 valence electrons. The van der Waals surface area contributed by atoms with E-state index in [0.717, 1.165) is 37.6 Å². The molecule has 2 aliphatic heterocycles. The molecule has 0 unspecified atom stereocenters. The number of imide groups is 1. The van der Waals surface area contributed by atoms with Crippen LogP contribution in [-0.4, -0.2) is 46.2 Å². The van der Waals surface area contributed by atoms with Crippen LogP contribution in [0.3, 0.4) is 0 Å². The standard InChI is InChI=1S/C10H15BrN2O2/c11-5-1-2-6-13-9(14)8-4-3-7-12(8)10(13)15/h8H,1-7H2/t8-/m1/s1. The fraction of sp³-hybridized carbons (Fsp3) is 0.800. The molecule has 3 amide bonds. The third-order valence-corrected chi connectivity index (χ3v) is 3.61. The van der Waals surface area contributed by atoms with Crippen molar-refractivity contribution in [1.29, 1.82) is 0 Å². The lowest BCUT2D eigenvalue weighted by molar-refractivity contribution is -0.128. The minimum atomic E-state index is -0.138. The molecule has 2 saturated heterocycles. The molecule has 0 aromatic carbocycles. The molecule has 4 nitrogen and oxygen atoms in total. The molecule has 0 aliphatic carbocycles. The van der Waals surface area contributed by atoms with Gasteiger partial charge in [-0.15, -0.1) is 0 Å². The third kappa shape index (κ3) is 1.89. The van der Waals surface area contributed by atoms with Gasteiger partial charge in [0.05, 0.1) is 0 Å². The lowest BCUT2D eigenvalue weighted by atomic mass is 10.2. The van der Waals surface area contributed by atoms with Gasteiger partial charge in [0.1, 0.15) is 6.04 Å². The molecule has 1 atom stereocenters. The summed E-state index contributed by atoms with van der Waals surface area (Å²) >= 11 is 3.34. The van der Waals surface area contributed by atoms with Crippen molar-refractivity contribution in [3.8, 4) is 0 Å². The van der Waals surface area contributed by atoms with E-state index in [0.29, 0.717) is 6.54 Å². The van der Waals surface area contributed by atoms with Gasteiger partial charge < -0.3 is 4.90 Å². The summed E-state index contributed by atoms with van der Waals surface area (Å²) in [4.78, 5) is 26.8. The van der Waals surface area contributed by atoms with E-state index in [1.54, 1.807) is 4.90 Å². The predicted octanol–water partition coefficient (Wildman–Crippen LogP) is 1.59. The van der Waals surface area contributed by atoms with Crippen molar-refractivity contribution in [3.05, 3.63) is 0 Å². The topological polar surface area (TPSA) is 40.6 Å². The summed E-state index contributed by atoms with van der Waals surface area (Å²) < 4.78 is 0. The monoisotopic (exact) mass is 274 g/mol. The highest BCUT2D eigenvalue weighted by Gasteiger charge is 2.46. The summed E-state index contributed by atoms with van der Waals surface area (Å²) in [6.07, 6.45) is 3.71. The Morgan fingerprint density at radius 2 is 2.13 bits per heavy atom. The number of rotatable bonds is 4. The van der Waals surface area contributed by atoms with Crippen LogP contribution in [0.2, 0.25) is 0 Å². The number of alkyl halides is 1. The van der Waals surface area contributed by atoms with Gasteiger partial charge in [-0.05, 0) is 25.7 Å². The average Bonchev–Trinajstić information content (AvgIpc) is 2.77. The summed E-state index contributed by atoms with van der Waals surface area (Å²) in [6, 6.07) is -0.210. The number of halogens is 1. The molecule has 0 aromatic rings. The second-order valence-electron chi connectivity index (χ2n) is 4.02. The van der Waals surface area contributed by atoms with E-state index >= 15 is 0 Å². The molecule has 5 heteroatoms. The Kier molecular flexibility index (Phi) is 3.29. The van der Waals surface area contributed by atoms with Crippen molar-refractivity contribution in [1.82, 2.24) is 9.80 Å². The van der Waals surface area contributed by atoms with Gasteiger partial charge in [-0.2, -0.15) is 0 Å². The molecule has 0 N–H and O–H groups in total. The van der Waals surface area contributed by atoms with Crippen molar-refractivity contribution in [2.75, 3.05) is 18.4 Å². The summed E-state index contributed by atoms with van der Waals surface area (Å²) in [5.41, 5.74) is 0. The Bertz CT molecular complexity index is 261. The summed E-state index contributed by atoms with van der Waals surface area (Å²) in [5, 5.41) is 0.927. The van der Waals surface area contributed by atoms with Crippen LogP contribution in [-0.2, 0) is 4.79 Å². The molecule has 2 fully saturated rings. The smallest absolute Gasteiger partial charge is 0.312 e. The first-order valence-corrected chi connectivity index (χ1v) is 6.56. The summed E-state index contributed by atoms with van der Waals surface area (Å²) in [5.74, 6) is 0.0204. The van der Waals surface area contributed by atoms with Gasteiger partial charge in [0, 0.05) is 18.4 Å². The highest BCUT2D eigenvalue weighted by atomic mass is 79.9. The van der Waals surface area contributed by atoms with Gasteiger partial charge >= 0.3 is 6.03 Å². The maximum atomic E-state index is 11.8. The van der Waals surface area contributed by atoms with Crippen LogP contribution in [0.1, 0.15) is 25.7 Å². The molecule has 0 aromatic heterocycles. The lowest BCUT2D eigenvalue weighted by Gasteiger charge is -2.14. The lowest BCUT2D eigenvalue weighted by Crippen LogP contribution is -2.33. The van der Waals surface area contributed by atoms with Crippen LogP contribution in [0.25, 0.3) is 0 Å². The maximum absolute atomic E-state index is 11.8. The fourth-order valence-corrected chi connectivity index (χ4v) is 2.65. The van der Waals surface area contributed by atoms with E-state index in [-0.39, 0.29) is 18.0 Å². The molecule has 15 heavy (non-hydrogen) atoms.